The average molecular weight is 373 g/mol. The maximum atomic E-state index is 12.4. The third kappa shape index (κ3) is 3.97. The monoisotopic (exact) mass is 373 g/mol. The summed E-state index contributed by atoms with van der Waals surface area (Å²) in [7, 11) is 0. The van der Waals surface area contributed by atoms with Crippen LogP contribution in [-0.2, 0) is 4.79 Å². The summed E-state index contributed by atoms with van der Waals surface area (Å²) in [6.45, 7) is 1.84. The van der Waals surface area contributed by atoms with Gasteiger partial charge in [-0.3, -0.25) is 14.9 Å². The van der Waals surface area contributed by atoms with E-state index in [-0.39, 0.29) is 22.8 Å². The number of nitrogens with zero attached hydrogens (tertiary/aromatic N) is 2. The topological polar surface area (TPSA) is 109 Å². The molecule has 1 aromatic heterocycles. The molecule has 0 spiro atoms. The van der Waals surface area contributed by atoms with Gasteiger partial charge in [0.2, 0.25) is 0 Å². The minimum atomic E-state index is -0.569. The lowest BCUT2D eigenvalue weighted by Crippen LogP contribution is -2.14. The van der Waals surface area contributed by atoms with Crippen molar-refractivity contribution in [2.75, 3.05) is 5.32 Å². The van der Waals surface area contributed by atoms with E-state index in [2.05, 4.69) is 5.32 Å². The molecule has 0 aliphatic carbocycles. The predicted molar refractivity (Wildman–Crippen MR) is 104 cm³/mol. The standard InChI is InChI=1S/C21H15N3O4/c1-14-6-2-4-8-18(14)23-21(25)15(13-22)12-16-10-11-20(28-16)17-7-3-5-9-19(17)24(26)27/h2-12H,1H3,(H,23,25)/b15-12+. The van der Waals surface area contributed by atoms with Crippen LogP contribution in [0.2, 0.25) is 0 Å². The third-order valence-electron chi connectivity index (χ3n) is 4.04. The van der Waals surface area contributed by atoms with Crippen LogP contribution in [0.4, 0.5) is 11.4 Å². The molecular weight excluding hydrogens is 358 g/mol. The van der Waals surface area contributed by atoms with Gasteiger partial charge in [-0.1, -0.05) is 30.3 Å². The maximum absolute atomic E-state index is 12.4. The van der Waals surface area contributed by atoms with Gasteiger partial charge < -0.3 is 9.73 Å². The van der Waals surface area contributed by atoms with Crippen molar-refractivity contribution in [1.29, 1.82) is 5.26 Å². The van der Waals surface area contributed by atoms with Gasteiger partial charge in [0.1, 0.15) is 23.2 Å². The summed E-state index contributed by atoms with van der Waals surface area (Å²) in [5.74, 6) is -0.0553. The van der Waals surface area contributed by atoms with Gasteiger partial charge in [0, 0.05) is 17.8 Å². The molecule has 1 heterocycles. The molecule has 0 bridgehead atoms. The van der Waals surface area contributed by atoms with Crippen molar-refractivity contribution in [2.45, 2.75) is 6.92 Å². The molecule has 0 unspecified atom stereocenters. The van der Waals surface area contributed by atoms with Crippen LogP contribution in [-0.4, -0.2) is 10.8 Å². The van der Waals surface area contributed by atoms with Crippen LogP contribution < -0.4 is 5.32 Å². The number of hydrogen-bond acceptors (Lipinski definition) is 5. The summed E-state index contributed by atoms with van der Waals surface area (Å²) in [5.41, 5.74) is 1.55. The van der Waals surface area contributed by atoms with Crippen molar-refractivity contribution >= 4 is 23.4 Å². The van der Waals surface area contributed by atoms with Gasteiger partial charge >= 0.3 is 0 Å². The molecule has 1 N–H and O–H groups in total. The van der Waals surface area contributed by atoms with Gasteiger partial charge in [0.15, 0.2) is 0 Å². The molecule has 0 fully saturated rings. The Bertz CT molecular complexity index is 1120. The molecule has 0 saturated heterocycles. The van der Waals surface area contributed by atoms with E-state index in [4.69, 9.17) is 4.42 Å². The summed E-state index contributed by atoms with van der Waals surface area (Å²) in [4.78, 5) is 23.1. The lowest BCUT2D eigenvalue weighted by atomic mass is 10.1. The number of nitro groups is 1. The normalized spacial score (nSPS) is 10.9. The fraction of sp³-hybridized carbons (Fsp3) is 0.0476. The first-order valence-corrected chi connectivity index (χ1v) is 8.32. The van der Waals surface area contributed by atoms with E-state index in [0.29, 0.717) is 11.3 Å². The Morgan fingerprint density at radius 2 is 1.86 bits per heavy atom. The summed E-state index contributed by atoms with van der Waals surface area (Å²) < 4.78 is 5.61. The molecule has 138 valence electrons. The largest absolute Gasteiger partial charge is 0.456 e. The zero-order valence-electron chi connectivity index (χ0n) is 14.9. The van der Waals surface area contributed by atoms with Crippen LogP contribution in [0.3, 0.4) is 0 Å². The van der Waals surface area contributed by atoms with Crippen LogP contribution in [0.15, 0.2) is 70.7 Å². The average Bonchev–Trinajstić information content (AvgIpc) is 3.16. The minimum Gasteiger partial charge on any atom is -0.456 e. The molecule has 0 aliphatic rings. The van der Waals surface area contributed by atoms with E-state index < -0.39 is 10.8 Å². The highest BCUT2D eigenvalue weighted by atomic mass is 16.6. The van der Waals surface area contributed by atoms with Gasteiger partial charge in [-0.15, -0.1) is 0 Å². The summed E-state index contributed by atoms with van der Waals surface area (Å²) >= 11 is 0. The number of furan rings is 1. The van der Waals surface area contributed by atoms with Gasteiger partial charge in [0.05, 0.1) is 10.5 Å². The van der Waals surface area contributed by atoms with Crippen molar-refractivity contribution in [3.05, 3.63) is 87.7 Å². The van der Waals surface area contributed by atoms with E-state index >= 15 is 0 Å². The first-order valence-electron chi connectivity index (χ1n) is 8.32. The van der Waals surface area contributed by atoms with E-state index in [1.807, 2.05) is 25.1 Å². The number of para-hydroxylation sites is 2. The number of aryl methyl sites for hydroxylation is 1. The number of nitro benzene ring substituents is 1. The van der Waals surface area contributed by atoms with Crippen molar-refractivity contribution < 1.29 is 14.1 Å². The SMILES string of the molecule is Cc1ccccc1NC(=O)/C(C#N)=C/c1ccc(-c2ccccc2[N+](=O)[O-])o1. The smallest absolute Gasteiger partial charge is 0.280 e. The van der Waals surface area contributed by atoms with E-state index in [1.165, 1.54) is 12.1 Å². The van der Waals surface area contributed by atoms with Crippen LogP contribution in [0.5, 0.6) is 0 Å². The molecule has 7 nitrogen and oxygen atoms in total. The molecule has 7 heteroatoms. The molecule has 3 rings (SSSR count). The first-order chi connectivity index (χ1) is 13.5. The van der Waals surface area contributed by atoms with Crippen molar-refractivity contribution in [2.24, 2.45) is 0 Å². The molecular formula is C21H15N3O4. The second-order valence-electron chi connectivity index (χ2n) is 5.92. The van der Waals surface area contributed by atoms with Gasteiger partial charge in [-0.2, -0.15) is 5.26 Å². The van der Waals surface area contributed by atoms with Crippen molar-refractivity contribution in [3.8, 4) is 17.4 Å². The molecule has 0 radical (unpaired) electrons. The maximum Gasteiger partial charge on any atom is 0.280 e. The molecule has 2 aromatic carbocycles. The van der Waals surface area contributed by atoms with Crippen LogP contribution in [0.25, 0.3) is 17.4 Å². The number of benzene rings is 2. The fourth-order valence-electron chi connectivity index (χ4n) is 2.61. The van der Waals surface area contributed by atoms with Gasteiger partial charge in [-0.25, -0.2) is 0 Å². The number of carbonyl (C=O) groups is 1. The highest BCUT2D eigenvalue weighted by molar-refractivity contribution is 6.09. The Kier molecular flexibility index (Phi) is 5.33. The Hall–Kier alpha value is -4.18. The number of nitriles is 1. The number of rotatable bonds is 5. The molecule has 28 heavy (non-hydrogen) atoms. The number of hydrogen-bond donors (Lipinski definition) is 1. The van der Waals surface area contributed by atoms with Crippen LogP contribution >= 0.6 is 0 Å². The Morgan fingerprint density at radius 3 is 2.57 bits per heavy atom. The number of amides is 1. The van der Waals surface area contributed by atoms with Gasteiger partial charge in [-0.05, 0) is 36.8 Å². The van der Waals surface area contributed by atoms with Crippen LogP contribution in [0.1, 0.15) is 11.3 Å². The number of nitrogens with one attached hydrogen (secondary N) is 1. The second kappa shape index (κ2) is 8.01. The highest BCUT2D eigenvalue weighted by Gasteiger charge is 2.17. The van der Waals surface area contributed by atoms with E-state index in [1.54, 1.807) is 42.5 Å². The number of carbonyl (C=O) groups excluding carboxylic acids is 1. The zero-order chi connectivity index (χ0) is 20.1. The van der Waals surface area contributed by atoms with Crippen LogP contribution in [0, 0.1) is 28.4 Å². The number of anilines is 1. The van der Waals surface area contributed by atoms with E-state index in [0.717, 1.165) is 5.56 Å². The Labute approximate surface area is 160 Å². The summed E-state index contributed by atoms with van der Waals surface area (Å²) in [5, 5.41) is 23.2. The van der Waals surface area contributed by atoms with E-state index in [9.17, 15) is 20.2 Å². The van der Waals surface area contributed by atoms with Crippen molar-refractivity contribution in [1.82, 2.24) is 0 Å². The van der Waals surface area contributed by atoms with Crippen molar-refractivity contribution in [3.63, 3.8) is 0 Å². The Morgan fingerprint density at radius 1 is 1.14 bits per heavy atom. The third-order valence-corrected chi connectivity index (χ3v) is 4.04. The fourth-order valence-corrected chi connectivity index (χ4v) is 2.61. The van der Waals surface area contributed by atoms with Gasteiger partial charge in [0.25, 0.3) is 11.6 Å². The second-order valence-corrected chi connectivity index (χ2v) is 5.92. The first kappa shape index (κ1) is 18.6. The zero-order valence-corrected chi connectivity index (χ0v) is 14.9. The highest BCUT2D eigenvalue weighted by Crippen LogP contribution is 2.31. The minimum absolute atomic E-state index is 0.0924. The Balaban J connectivity index is 1.87. The summed E-state index contributed by atoms with van der Waals surface area (Å²) in [6, 6.07) is 18.3. The predicted octanol–water partition coefficient (Wildman–Crippen LogP) is 4.71. The summed E-state index contributed by atoms with van der Waals surface area (Å²) in [6.07, 6.45) is 1.30. The molecule has 1 amide bonds. The molecule has 0 atom stereocenters. The molecule has 0 aliphatic heterocycles. The quantitative estimate of drug-likeness (QED) is 0.301. The molecule has 0 saturated carbocycles. The lowest BCUT2D eigenvalue weighted by Gasteiger charge is -2.06. The molecule has 3 aromatic rings. The lowest BCUT2D eigenvalue weighted by molar-refractivity contribution is -0.384.